The SMILES string of the molecule is OCCC#Cc1cccc(O)c1. The third-order valence-corrected chi connectivity index (χ3v) is 1.32. The second-order valence-electron chi connectivity index (χ2n) is 2.33. The monoisotopic (exact) mass is 162 g/mol. The average molecular weight is 162 g/mol. The highest BCUT2D eigenvalue weighted by Gasteiger charge is 1.87. The van der Waals surface area contributed by atoms with E-state index in [9.17, 15) is 0 Å². The number of benzene rings is 1. The van der Waals surface area contributed by atoms with Crippen LogP contribution in [0.4, 0.5) is 0 Å². The molecule has 0 aliphatic rings. The number of phenolic OH excluding ortho intramolecular Hbond substituents is 1. The summed E-state index contributed by atoms with van der Waals surface area (Å²) in [5.41, 5.74) is 0.767. The topological polar surface area (TPSA) is 40.5 Å². The van der Waals surface area contributed by atoms with E-state index in [1.165, 1.54) is 0 Å². The van der Waals surface area contributed by atoms with Gasteiger partial charge in [-0.1, -0.05) is 17.9 Å². The molecule has 0 aromatic heterocycles. The fourth-order valence-electron chi connectivity index (χ4n) is 0.804. The largest absolute Gasteiger partial charge is 0.508 e. The van der Waals surface area contributed by atoms with Crippen LogP contribution in [0.15, 0.2) is 24.3 Å². The molecular formula is C10H10O2. The second-order valence-corrected chi connectivity index (χ2v) is 2.33. The molecule has 0 atom stereocenters. The zero-order valence-corrected chi connectivity index (χ0v) is 6.62. The van der Waals surface area contributed by atoms with Gasteiger partial charge in [-0.2, -0.15) is 0 Å². The number of aliphatic hydroxyl groups excluding tert-OH is 1. The molecule has 0 bridgehead atoms. The molecule has 0 fully saturated rings. The highest BCUT2D eigenvalue weighted by molar-refractivity contribution is 5.38. The minimum absolute atomic E-state index is 0.0752. The van der Waals surface area contributed by atoms with Gasteiger partial charge in [0.2, 0.25) is 0 Å². The van der Waals surface area contributed by atoms with Crippen LogP contribution in [0.25, 0.3) is 0 Å². The summed E-state index contributed by atoms with van der Waals surface area (Å²) in [6.45, 7) is 0.0752. The number of hydrogen-bond donors (Lipinski definition) is 2. The number of phenols is 1. The van der Waals surface area contributed by atoms with E-state index < -0.39 is 0 Å². The molecule has 0 saturated carbocycles. The highest BCUT2D eigenvalue weighted by Crippen LogP contribution is 2.09. The summed E-state index contributed by atoms with van der Waals surface area (Å²) in [6.07, 6.45) is 0.468. The molecule has 0 spiro atoms. The van der Waals surface area contributed by atoms with Gasteiger partial charge in [0, 0.05) is 12.0 Å². The molecule has 2 heteroatoms. The molecule has 1 rings (SSSR count). The minimum atomic E-state index is 0.0752. The van der Waals surface area contributed by atoms with Crippen molar-refractivity contribution in [3.8, 4) is 17.6 Å². The Bertz CT molecular complexity index is 307. The van der Waals surface area contributed by atoms with Crippen LogP contribution in [0.5, 0.6) is 5.75 Å². The van der Waals surface area contributed by atoms with E-state index in [1.54, 1.807) is 18.2 Å². The summed E-state index contributed by atoms with van der Waals surface area (Å²) >= 11 is 0. The highest BCUT2D eigenvalue weighted by atomic mass is 16.3. The maximum Gasteiger partial charge on any atom is 0.116 e. The van der Waals surface area contributed by atoms with Crippen LogP contribution in [-0.2, 0) is 0 Å². The standard InChI is InChI=1S/C10H10O2/c11-7-2-1-4-9-5-3-6-10(12)8-9/h3,5-6,8,11-12H,2,7H2. The third-order valence-electron chi connectivity index (χ3n) is 1.32. The predicted molar refractivity (Wildman–Crippen MR) is 46.7 cm³/mol. The van der Waals surface area contributed by atoms with Gasteiger partial charge in [-0.15, -0.1) is 0 Å². The summed E-state index contributed by atoms with van der Waals surface area (Å²) in [6, 6.07) is 6.73. The Balaban J connectivity index is 2.71. The first-order chi connectivity index (χ1) is 5.83. The smallest absolute Gasteiger partial charge is 0.116 e. The van der Waals surface area contributed by atoms with Crippen LogP contribution >= 0.6 is 0 Å². The first kappa shape index (κ1) is 8.63. The van der Waals surface area contributed by atoms with Gasteiger partial charge in [0.05, 0.1) is 6.61 Å². The fourth-order valence-corrected chi connectivity index (χ4v) is 0.804. The summed E-state index contributed by atoms with van der Waals surface area (Å²) in [4.78, 5) is 0. The Hall–Kier alpha value is -1.46. The Morgan fingerprint density at radius 3 is 2.83 bits per heavy atom. The van der Waals surface area contributed by atoms with Gasteiger partial charge in [0.15, 0.2) is 0 Å². The maximum atomic E-state index is 9.05. The van der Waals surface area contributed by atoms with Crippen LogP contribution < -0.4 is 0 Å². The van der Waals surface area contributed by atoms with Gasteiger partial charge in [-0.25, -0.2) is 0 Å². The minimum Gasteiger partial charge on any atom is -0.508 e. The van der Waals surface area contributed by atoms with Crippen molar-refractivity contribution in [1.82, 2.24) is 0 Å². The molecule has 62 valence electrons. The van der Waals surface area contributed by atoms with Crippen LogP contribution in [0.1, 0.15) is 12.0 Å². The van der Waals surface area contributed by atoms with Crippen molar-refractivity contribution in [1.29, 1.82) is 0 Å². The molecule has 0 unspecified atom stereocenters. The molecular weight excluding hydrogens is 152 g/mol. The number of hydrogen-bond acceptors (Lipinski definition) is 2. The van der Waals surface area contributed by atoms with E-state index >= 15 is 0 Å². The molecule has 0 saturated heterocycles. The average Bonchev–Trinajstić information content (AvgIpc) is 2.05. The number of rotatable bonds is 1. The molecule has 0 amide bonds. The summed E-state index contributed by atoms with van der Waals surface area (Å²) < 4.78 is 0. The van der Waals surface area contributed by atoms with E-state index in [1.807, 2.05) is 6.07 Å². The van der Waals surface area contributed by atoms with Gasteiger partial charge >= 0.3 is 0 Å². The summed E-state index contributed by atoms with van der Waals surface area (Å²) in [5, 5.41) is 17.5. The van der Waals surface area contributed by atoms with Crippen molar-refractivity contribution < 1.29 is 10.2 Å². The van der Waals surface area contributed by atoms with E-state index in [-0.39, 0.29) is 12.4 Å². The van der Waals surface area contributed by atoms with Crippen LogP contribution in [0.2, 0.25) is 0 Å². The Labute approximate surface area is 71.5 Å². The van der Waals surface area contributed by atoms with Crippen LogP contribution in [0.3, 0.4) is 0 Å². The molecule has 0 aliphatic heterocycles. The molecule has 0 aliphatic carbocycles. The van der Waals surface area contributed by atoms with Gasteiger partial charge in [0.25, 0.3) is 0 Å². The number of aromatic hydroxyl groups is 1. The van der Waals surface area contributed by atoms with Crippen molar-refractivity contribution >= 4 is 0 Å². The zero-order chi connectivity index (χ0) is 8.81. The van der Waals surface area contributed by atoms with Gasteiger partial charge in [-0.05, 0) is 18.2 Å². The van der Waals surface area contributed by atoms with Crippen molar-refractivity contribution in [2.45, 2.75) is 6.42 Å². The fraction of sp³-hybridized carbons (Fsp3) is 0.200. The second kappa shape index (κ2) is 4.42. The third kappa shape index (κ3) is 2.65. The zero-order valence-electron chi connectivity index (χ0n) is 6.62. The van der Waals surface area contributed by atoms with E-state index in [0.717, 1.165) is 5.56 Å². The lowest BCUT2D eigenvalue weighted by Gasteiger charge is -1.90. The van der Waals surface area contributed by atoms with E-state index in [2.05, 4.69) is 11.8 Å². The van der Waals surface area contributed by atoms with Gasteiger partial charge in [-0.3, -0.25) is 0 Å². The van der Waals surface area contributed by atoms with E-state index in [4.69, 9.17) is 10.2 Å². The van der Waals surface area contributed by atoms with Crippen LogP contribution in [-0.4, -0.2) is 16.8 Å². The maximum absolute atomic E-state index is 9.05. The molecule has 0 heterocycles. The van der Waals surface area contributed by atoms with Crippen molar-refractivity contribution in [3.05, 3.63) is 29.8 Å². The first-order valence-electron chi connectivity index (χ1n) is 3.71. The number of aliphatic hydroxyl groups is 1. The van der Waals surface area contributed by atoms with Crippen molar-refractivity contribution in [2.75, 3.05) is 6.61 Å². The molecule has 2 N–H and O–H groups in total. The lowest BCUT2D eigenvalue weighted by atomic mass is 10.2. The normalized spacial score (nSPS) is 8.75. The van der Waals surface area contributed by atoms with Crippen LogP contribution in [0, 0.1) is 11.8 Å². The van der Waals surface area contributed by atoms with E-state index in [0.29, 0.717) is 6.42 Å². The molecule has 12 heavy (non-hydrogen) atoms. The lowest BCUT2D eigenvalue weighted by Crippen LogP contribution is -1.77. The molecule has 0 radical (unpaired) electrons. The molecule has 1 aromatic carbocycles. The lowest BCUT2D eigenvalue weighted by molar-refractivity contribution is 0.305. The quantitative estimate of drug-likeness (QED) is 0.607. The summed E-state index contributed by atoms with van der Waals surface area (Å²) in [5.74, 6) is 5.80. The van der Waals surface area contributed by atoms with Gasteiger partial charge < -0.3 is 10.2 Å². The van der Waals surface area contributed by atoms with Gasteiger partial charge in [0.1, 0.15) is 5.75 Å². The molecule has 2 nitrogen and oxygen atoms in total. The summed E-state index contributed by atoms with van der Waals surface area (Å²) in [7, 11) is 0. The first-order valence-corrected chi connectivity index (χ1v) is 3.71. The molecule has 1 aromatic rings. The Morgan fingerprint density at radius 2 is 2.17 bits per heavy atom. The predicted octanol–water partition coefficient (Wildman–Crippen LogP) is 1.13. The Kier molecular flexibility index (Phi) is 3.18. The Morgan fingerprint density at radius 1 is 1.33 bits per heavy atom. The van der Waals surface area contributed by atoms with Crippen molar-refractivity contribution in [3.63, 3.8) is 0 Å². The van der Waals surface area contributed by atoms with Crippen molar-refractivity contribution in [2.24, 2.45) is 0 Å².